The minimum atomic E-state index is -0.605. The van der Waals surface area contributed by atoms with Crippen molar-refractivity contribution in [3.05, 3.63) is 65.7 Å². The topological polar surface area (TPSA) is 59.6 Å². The zero-order valence-corrected chi connectivity index (χ0v) is 21.2. The Bertz CT molecular complexity index is 1230. The lowest BCUT2D eigenvalue weighted by molar-refractivity contribution is 0.0416. The van der Waals surface area contributed by atoms with Crippen LogP contribution in [0.15, 0.2) is 53.1 Å². The second kappa shape index (κ2) is 9.48. The van der Waals surface area contributed by atoms with E-state index in [1.54, 1.807) is 7.11 Å². The fourth-order valence-corrected chi connectivity index (χ4v) is 5.73. The van der Waals surface area contributed by atoms with Crippen molar-refractivity contribution in [2.24, 2.45) is 0 Å². The van der Waals surface area contributed by atoms with Gasteiger partial charge < -0.3 is 23.9 Å². The zero-order chi connectivity index (χ0) is 24.6. The largest absolute Gasteiger partial charge is 0.497 e. The molecule has 1 N–H and O–H groups in total. The molecule has 186 valence electrons. The van der Waals surface area contributed by atoms with Gasteiger partial charge in [0, 0.05) is 30.4 Å². The summed E-state index contributed by atoms with van der Waals surface area (Å²) < 4.78 is 13.4. The number of nitrogens with one attached hydrogen (secondary N) is 1. The van der Waals surface area contributed by atoms with Crippen molar-refractivity contribution in [2.75, 3.05) is 7.11 Å². The Morgan fingerprint density at radius 2 is 1.91 bits per heavy atom. The summed E-state index contributed by atoms with van der Waals surface area (Å²) in [7, 11) is 1.67. The van der Waals surface area contributed by atoms with E-state index in [4.69, 9.17) is 9.15 Å². The molecule has 0 saturated heterocycles. The molecule has 0 spiro atoms. The summed E-state index contributed by atoms with van der Waals surface area (Å²) in [6.45, 7) is 9.72. The van der Waals surface area contributed by atoms with E-state index in [2.05, 4.69) is 23.4 Å². The van der Waals surface area contributed by atoms with E-state index < -0.39 is 5.54 Å². The quantitative estimate of drug-likeness (QED) is 0.462. The number of hydrogen-bond acceptors (Lipinski definition) is 4. The molecule has 2 aromatic heterocycles. The molecule has 6 heteroatoms. The first-order chi connectivity index (χ1) is 16.9. The number of ether oxygens (including phenoxy) is 1. The van der Waals surface area contributed by atoms with Gasteiger partial charge in [-0.15, -0.1) is 0 Å². The van der Waals surface area contributed by atoms with Crippen LogP contribution in [-0.4, -0.2) is 34.1 Å². The third-order valence-electron chi connectivity index (χ3n) is 7.85. The van der Waals surface area contributed by atoms with Crippen molar-refractivity contribution in [1.29, 1.82) is 0 Å². The number of amides is 1. The van der Waals surface area contributed by atoms with Gasteiger partial charge in [0.05, 0.1) is 24.7 Å². The highest BCUT2D eigenvalue weighted by Crippen LogP contribution is 2.37. The average Bonchev–Trinajstić information content (AvgIpc) is 3.35. The van der Waals surface area contributed by atoms with Crippen molar-refractivity contribution < 1.29 is 13.9 Å². The molecule has 2 aliphatic rings. The van der Waals surface area contributed by atoms with Crippen LogP contribution in [0, 0.1) is 6.92 Å². The lowest BCUT2D eigenvalue weighted by Crippen LogP contribution is -2.59. The van der Waals surface area contributed by atoms with Gasteiger partial charge in [-0.2, -0.15) is 0 Å². The molecule has 1 aliphatic carbocycles. The predicted octanol–water partition coefficient (Wildman–Crippen LogP) is 6.18. The molecule has 1 saturated carbocycles. The van der Waals surface area contributed by atoms with Crippen LogP contribution >= 0.6 is 0 Å². The first-order valence-corrected chi connectivity index (χ1v) is 12.9. The van der Waals surface area contributed by atoms with Crippen molar-refractivity contribution in [1.82, 2.24) is 14.8 Å². The zero-order valence-electron chi connectivity index (χ0n) is 21.2. The molecule has 1 aliphatic heterocycles. The summed E-state index contributed by atoms with van der Waals surface area (Å²) in [5.74, 6) is 1.63. The molecule has 1 atom stereocenters. The van der Waals surface area contributed by atoms with Crippen molar-refractivity contribution in [3.8, 4) is 5.75 Å². The van der Waals surface area contributed by atoms with E-state index in [1.165, 1.54) is 32.1 Å². The maximum absolute atomic E-state index is 14.0. The predicted molar refractivity (Wildman–Crippen MR) is 139 cm³/mol. The minimum Gasteiger partial charge on any atom is -0.497 e. The standard InChI is InChI=1S/C29H37N3O3/c1-20-15-25-27(35-20)17-26-28(33)32(18-22-11-10-14-24(16-22)34-4)29(3,19-31(25)26)21(2)30-23-12-8-6-5-7-9-13-23/h10-11,14-17,23,30H,2,5-9,12-13,18-19H2,1,3-4H3. The van der Waals surface area contributed by atoms with E-state index in [0.29, 0.717) is 24.8 Å². The van der Waals surface area contributed by atoms with Gasteiger partial charge in [0.1, 0.15) is 17.2 Å². The van der Waals surface area contributed by atoms with E-state index in [0.717, 1.165) is 46.7 Å². The third kappa shape index (κ3) is 4.46. The molecule has 1 amide bonds. The van der Waals surface area contributed by atoms with E-state index in [1.807, 2.05) is 48.2 Å². The molecule has 0 bridgehead atoms. The molecule has 3 heterocycles. The third-order valence-corrected chi connectivity index (χ3v) is 7.85. The number of fused-ring (bicyclic) bond motifs is 3. The van der Waals surface area contributed by atoms with Crippen molar-refractivity contribution in [3.63, 3.8) is 0 Å². The van der Waals surface area contributed by atoms with Crippen molar-refractivity contribution in [2.45, 2.75) is 83.5 Å². The normalized spacial score (nSPS) is 21.5. The summed E-state index contributed by atoms with van der Waals surface area (Å²) in [6.07, 6.45) is 8.72. The number of nitrogens with zero attached hydrogens (tertiary/aromatic N) is 2. The molecule has 3 aromatic rings. The van der Waals surface area contributed by atoms with Gasteiger partial charge in [-0.05, 0) is 44.4 Å². The van der Waals surface area contributed by atoms with Crippen LogP contribution in [0.1, 0.15) is 73.7 Å². The van der Waals surface area contributed by atoms with Crippen LogP contribution in [0.4, 0.5) is 0 Å². The first-order valence-electron chi connectivity index (χ1n) is 12.9. The maximum Gasteiger partial charge on any atom is 0.271 e. The Morgan fingerprint density at radius 3 is 2.66 bits per heavy atom. The number of carbonyl (C=O) groups excluding carboxylic acids is 1. The number of aryl methyl sites for hydroxylation is 1. The number of aromatic nitrogens is 1. The second-order valence-electron chi connectivity index (χ2n) is 10.4. The number of furan rings is 1. The fraction of sp³-hybridized carbons (Fsp3) is 0.483. The summed E-state index contributed by atoms with van der Waals surface area (Å²) in [4.78, 5) is 16.0. The summed E-state index contributed by atoms with van der Waals surface area (Å²) in [5, 5.41) is 3.78. The first kappa shape index (κ1) is 23.6. The molecular weight excluding hydrogens is 438 g/mol. The molecule has 6 nitrogen and oxygen atoms in total. The van der Waals surface area contributed by atoms with Gasteiger partial charge in [-0.25, -0.2) is 0 Å². The molecular formula is C29H37N3O3. The molecule has 35 heavy (non-hydrogen) atoms. The number of rotatable bonds is 6. The van der Waals surface area contributed by atoms with Crippen molar-refractivity contribution >= 4 is 17.0 Å². The minimum absolute atomic E-state index is 0.00811. The van der Waals surface area contributed by atoms with E-state index >= 15 is 0 Å². The molecule has 0 radical (unpaired) electrons. The lowest BCUT2D eigenvalue weighted by Gasteiger charge is -2.47. The molecule has 1 unspecified atom stereocenters. The average molecular weight is 476 g/mol. The van der Waals surface area contributed by atoms with Gasteiger partial charge in [0.25, 0.3) is 5.91 Å². The van der Waals surface area contributed by atoms with Gasteiger partial charge in [0.15, 0.2) is 5.58 Å². The number of hydrogen-bond donors (Lipinski definition) is 1. The van der Waals surface area contributed by atoms with Crippen LogP contribution in [-0.2, 0) is 13.1 Å². The van der Waals surface area contributed by atoms with Gasteiger partial charge in [-0.1, -0.05) is 50.8 Å². The Morgan fingerprint density at radius 1 is 1.17 bits per heavy atom. The van der Waals surface area contributed by atoms with Crippen LogP contribution in [0.3, 0.4) is 0 Å². The van der Waals surface area contributed by atoms with E-state index in [9.17, 15) is 4.79 Å². The van der Waals surface area contributed by atoms with Gasteiger partial charge in [-0.3, -0.25) is 4.79 Å². The van der Waals surface area contributed by atoms with Crippen LogP contribution in [0.5, 0.6) is 5.75 Å². The highest BCUT2D eigenvalue weighted by molar-refractivity contribution is 5.99. The monoisotopic (exact) mass is 475 g/mol. The molecule has 1 aromatic carbocycles. The van der Waals surface area contributed by atoms with Gasteiger partial charge in [0.2, 0.25) is 0 Å². The lowest BCUT2D eigenvalue weighted by atomic mass is 9.89. The van der Waals surface area contributed by atoms with Crippen LogP contribution in [0.2, 0.25) is 0 Å². The Balaban J connectivity index is 1.51. The number of methoxy groups -OCH3 is 1. The molecule has 1 fully saturated rings. The number of benzene rings is 1. The Hall–Kier alpha value is -3.15. The molecule has 5 rings (SSSR count). The SMILES string of the molecule is C=C(NC1CCCCCCC1)C1(C)Cn2c(cc3oc(C)cc32)C(=O)N1Cc1cccc(OC)c1. The fourth-order valence-electron chi connectivity index (χ4n) is 5.73. The number of carbonyl (C=O) groups is 1. The Labute approximate surface area is 207 Å². The summed E-state index contributed by atoms with van der Waals surface area (Å²) in [5.41, 5.74) is 3.73. The van der Waals surface area contributed by atoms with Crippen LogP contribution in [0.25, 0.3) is 11.1 Å². The van der Waals surface area contributed by atoms with E-state index in [-0.39, 0.29) is 5.91 Å². The smallest absolute Gasteiger partial charge is 0.271 e. The highest BCUT2D eigenvalue weighted by Gasteiger charge is 2.45. The van der Waals surface area contributed by atoms with Crippen LogP contribution < -0.4 is 10.1 Å². The van der Waals surface area contributed by atoms with Gasteiger partial charge >= 0.3 is 0 Å². The Kier molecular flexibility index (Phi) is 6.39. The second-order valence-corrected chi connectivity index (χ2v) is 10.4. The summed E-state index contributed by atoms with van der Waals surface area (Å²) in [6, 6.07) is 12.3. The maximum atomic E-state index is 14.0. The highest BCUT2D eigenvalue weighted by atomic mass is 16.5. The summed E-state index contributed by atoms with van der Waals surface area (Å²) >= 11 is 0.